The molecule has 0 aromatic carbocycles. The molecule has 22 heavy (non-hydrogen) atoms. The van der Waals surface area contributed by atoms with Crippen LogP contribution in [0.3, 0.4) is 0 Å². The van der Waals surface area contributed by atoms with Crippen molar-refractivity contribution in [1.82, 2.24) is 4.90 Å². The number of fused-ring (bicyclic) bond motifs is 2. The van der Waals surface area contributed by atoms with Crippen LogP contribution in [0.2, 0.25) is 0 Å². The third kappa shape index (κ3) is 3.50. The van der Waals surface area contributed by atoms with Crippen LogP contribution in [0, 0.1) is 24.7 Å². The number of carbonyl (C=O) groups is 1. The van der Waals surface area contributed by atoms with Crippen molar-refractivity contribution in [2.24, 2.45) is 23.5 Å². The fraction of sp³-hybridized carbons (Fsp3) is 0.706. The molecule has 0 radical (unpaired) electrons. The van der Waals surface area contributed by atoms with E-state index in [9.17, 15) is 4.79 Å². The number of hydrogen-bond donors (Lipinski definition) is 1. The lowest BCUT2D eigenvalue weighted by atomic mass is 9.65. The van der Waals surface area contributed by atoms with Gasteiger partial charge in [0.05, 0.1) is 6.54 Å². The van der Waals surface area contributed by atoms with E-state index >= 15 is 0 Å². The first-order chi connectivity index (χ1) is 10.1. The highest BCUT2D eigenvalue weighted by molar-refractivity contribution is 7.10. The van der Waals surface area contributed by atoms with Crippen molar-refractivity contribution in [3.8, 4) is 0 Å². The van der Waals surface area contributed by atoms with Gasteiger partial charge in [-0.05, 0) is 61.5 Å². The molecule has 1 aromatic rings. The van der Waals surface area contributed by atoms with Gasteiger partial charge in [-0.15, -0.1) is 23.7 Å². The number of rotatable bonds is 3. The molecule has 1 amide bonds. The molecular formula is C17H27ClN2OS. The van der Waals surface area contributed by atoms with E-state index in [-0.39, 0.29) is 18.3 Å². The molecule has 2 atom stereocenters. The number of carbonyl (C=O) groups excluding carboxylic acids is 1. The van der Waals surface area contributed by atoms with E-state index in [2.05, 4.69) is 18.4 Å². The van der Waals surface area contributed by atoms with Gasteiger partial charge in [0.15, 0.2) is 0 Å². The molecule has 2 saturated carbocycles. The van der Waals surface area contributed by atoms with Crippen LogP contribution < -0.4 is 5.73 Å². The Balaban J connectivity index is 0.00000176. The molecule has 2 aliphatic carbocycles. The van der Waals surface area contributed by atoms with Crippen LogP contribution in [-0.4, -0.2) is 23.9 Å². The highest BCUT2D eigenvalue weighted by Gasteiger charge is 2.41. The van der Waals surface area contributed by atoms with Gasteiger partial charge in [-0.3, -0.25) is 4.79 Å². The van der Waals surface area contributed by atoms with Gasteiger partial charge in [0.1, 0.15) is 0 Å². The van der Waals surface area contributed by atoms with Crippen LogP contribution in [0.1, 0.15) is 42.5 Å². The van der Waals surface area contributed by atoms with Crippen molar-refractivity contribution in [2.45, 2.75) is 51.6 Å². The minimum atomic E-state index is 0. The predicted molar refractivity (Wildman–Crippen MR) is 94.3 cm³/mol. The van der Waals surface area contributed by atoms with Crippen LogP contribution in [0.15, 0.2) is 11.4 Å². The Morgan fingerprint density at radius 2 is 2.00 bits per heavy atom. The number of aryl methyl sites for hydroxylation is 1. The quantitative estimate of drug-likeness (QED) is 0.912. The standard InChI is InChI=1S/C17H26N2OS.ClH/c1-11-6-7-21-15(11)10-19(2)17(20)14-8-12-4-3-5-13(9-14)16(12)18;/h6-7,12-14,16H,3-5,8-10,18H2,1-2H3;1H. The Labute approximate surface area is 143 Å². The van der Waals surface area contributed by atoms with Crippen molar-refractivity contribution in [1.29, 1.82) is 0 Å². The maximum absolute atomic E-state index is 12.8. The minimum Gasteiger partial charge on any atom is -0.340 e. The van der Waals surface area contributed by atoms with Gasteiger partial charge in [-0.25, -0.2) is 0 Å². The average molecular weight is 343 g/mol. The first-order valence-electron chi connectivity index (χ1n) is 8.09. The Bertz CT molecular complexity index is 505. The number of halogens is 1. The molecule has 2 N–H and O–H groups in total. The van der Waals surface area contributed by atoms with Gasteiger partial charge in [0, 0.05) is 23.9 Å². The van der Waals surface area contributed by atoms with Crippen LogP contribution in [0.4, 0.5) is 0 Å². The fourth-order valence-corrected chi connectivity index (χ4v) is 5.12. The van der Waals surface area contributed by atoms with Crippen molar-refractivity contribution >= 4 is 29.7 Å². The van der Waals surface area contributed by atoms with Crippen molar-refractivity contribution in [3.63, 3.8) is 0 Å². The zero-order valence-electron chi connectivity index (χ0n) is 13.5. The third-order valence-corrected chi connectivity index (χ3v) is 6.50. The lowest BCUT2D eigenvalue weighted by Crippen LogP contribution is -2.49. The zero-order valence-corrected chi connectivity index (χ0v) is 15.1. The third-order valence-electron chi connectivity index (χ3n) is 5.49. The molecule has 1 heterocycles. The molecule has 5 heteroatoms. The number of hydrogen-bond acceptors (Lipinski definition) is 3. The molecule has 0 saturated heterocycles. The van der Waals surface area contributed by atoms with Gasteiger partial charge in [-0.1, -0.05) is 6.42 Å². The molecule has 0 spiro atoms. The molecule has 3 nitrogen and oxygen atoms in total. The van der Waals surface area contributed by atoms with Crippen molar-refractivity contribution < 1.29 is 4.79 Å². The maximum Gasteiger partial charge on any atom is 0.225 e. The second-order valence-electron chi connectivity index (χ2n) is 6.92. The van der Waals surface area contributed by atoms with E-state index in [4.69, 9.17) is 5.73 Å². The monoisotopic (exact) mass is 342 g/mol. The second-order valence-corrected chi connectivity index (χ2v) is 7.92. The predicted octanol–water partition coefficient (Wildman–Crippen LogP) is 3.59. The SMILES string of the molecule is Cc1ccsc1CN(C)C(=O)C1CC2CCCC(C1)C2N.Cl. The zero-order chi connectivity index (χ0) is 15.0. The van der Waals surface area contributed by atoms with E-state index in [1.807, 2.05) is 11.9 Å². The number of nitrogens with zero attached hydrogens (tertiary/aromatic N) is 1. The smallest absolute Gasteiger partial charge is 0.225 e. The van der Waals surface area contributed by atoms with E-state index in [0.29, 0.717) is 23.8 Å². The summed E-state index contributed by atoms with van der Waals surface area (Å²) in [5.41, 5.74) is 7.62. The fourth-order valence-electron chi connectivity index (χ4n) is 4.16. The summed E-state index contributed by atoms with van der Waals surface area (Å²) in [5, 5.41) is 2.10. The molecule has 2 unspecified atom stereocenters. The van der Waals surface area contributed by atoms with Gasteiger partial charge >= 0.3 is 0 Å². The summed E-state index contributed by atoms with van der Waals surface area (Å²) >= 11 is 1.75. The van der Waals surface area contributed by atoms with Crippen molar-refractivity contribution in [3.05, 3.63) is 21.9 Å². The van der Waals surface area contributed by atoms with Gasteiger partial charge in [-0.2, -0.15) is 0 Å². The summed E-state index contributed by atoms with van der Waals surface area (Å²) in [7, 11) is 1.95. The molecule has 2 bridgehead atoms. The summed E-state index contributed by atoms with van der Waals surface area (Å²) in [6, 6.07) is 2.47. The molecular weight excluding hydrogens is 316 g/mol. The molecule has 124 valence electrons. The first-order valence-corrected chi connectivity index (χ1v) is 8.97. The summed E-state index contributed by atoms with van der Waals surface area (Å²) in [6.07, 6.45) is 5.74. The topological polar surface area (TPSA) is 46.3 Å². The summed E-state index contributed by atoms with van der Waals surface area (Å²) < 4.78 is 0. The van der Waals surface area contributed by atoms with E-state index in [1.165, 1.54) is 29.7 Å². The van der Waals surface area contributed by atoms with Crippen molar-refractivity contribution in [2.75, 3.05) is 7.05 Å². The van der Waals surface area contributed by atoms with Crippen LogP contribution in [-0.2, 0) is 11.3 Å². The average Bonchev–Trinajstić information content (AvgIpc) is 2.83. The second kappa shape index (κ2) is 7.33. The first kappa shape index (κ1) is 17.8. The van der Waals surface area contributed by atoms with Crippen LogP contribution >= 0.6 is 23.7 Å². The molecule has 2 fully saturated rings. The normalized spacial score (nSPS) is 30.5. The number of nitrogens with two attached hydrogens (primary N) is 1. The van der Waals surface area contributed by atoms with Gasteiger partial charge in [0.2, 0.25) is 5.91 Å². The number of thiophene rings is 1. The van der Waals surface area contributed by atoms with Crippen LogP contribution in [0.25, 0.3) is 0 Å². The van der Waals surface area contributed by atoms with Gasteiger partial charge in [0.25, 0.3) is 0 Å². The highest BCUT2D eigenvalue weighted by atomic mass is 35.5. The van der Waals surface area contributed by atoms with Crippen LogP contribution in [0.5, 0.6) is 0 Å². The Hall–Kier alpha value is -0.580. The number of amides is 1. The molecule has 3 rings (SSSR count). The Morgan fingerprint density at radius 1 is 1.36 bits per heavy atom. The Kier molecular flexibility index (Phi) is 5.92. The maximum atomic E-state index is 12.8. The van der Waals surface area contributed by atoms with E-state index in [1.54, 1.807) is 11.3 Å². The minimum absolute atomic E-state index is 0. The largest absolute Gasteiger partial charge is 0.340 e. The molecule has 1 aromatic heterocycles. The van der Waals surface area contributed by atoms with E-state index < -0.39 is 0 Å². The Morgan fingerprint density at radius 3 is 2.55 bits per heavy atom. The molecule has 2 aliphatic rings. The summed E-state index contributed by atoms with van der Waals surface area (Å²) in [5.74, 6) is 1.67. The van der Waals surface area contributed by atoms with Gasteiger partial charge < -0.3 is 10.6 Å². The summed E-state index contributed by atoms with van der Waals surface area (Å²) in [6.45, 7) is 2.87. The summed E-state index contributed by atoms with van der Waals surface area (Å²) in [4.78, 5) is 16.0. The highest BCUT2D eigenvalue weighted by Crippen LogP contribution is 2.42. The molecule has 0 aliphatic heterocycles. The lowest BCUT2D eigenvalue weighted by molar-refractivity contribution is -0.137. The lowest BCUT2D eigenvalue weighted by Gasteiger charge is -2.44. The van der Waals surface area contributed by atoms with E-state index in [0.717, 1.165) is 19.4 Å².